The minimum atomic E-state index is -0.0823. The molecule has 162 valence electrons. The Labute approximate surface area is 185 Å². The Kier molecular flexibility index (Phi) is 4.89. The molecule has 5 rings (SSSR count). The summed E-state index contributed by atoms with van der Waals surface area (Å²) in [5.41, 5.74) is 4.05. The zero-order valence-corrected chi connectivity index (χ0v) is 18.7. The van der Waals surface area contributed by atoms with Crippen LogP contribution >= 0.6 is 0 Å². The number of rotatable bonds is 5. The zero-order chi connectivity index (χ0) is 22.4. The van der Waals surface area contributed by atoms with Crippen LogP contribution < -0.4 is 10.3 Å². The van der Waals surface area contributed by atoms with Gasteiger partial charge in [-0.1, -0.05) is 19.1 Å². The number of hydrogen-bond donors (Lipinski definition) is 0. The summed E-state index contributed by atoms with van der Waals surface area (Å²) in [5, 5.41) is 0.498. The van der Waals surface area contributed by atoms with E-state index in [-0.39, 0.29) is 11.6 Å². The summed E-state index contributed by atoms with van der Waals surface area (Å²) >= 11 is 0. The highest BCUT2D eigenvalue weighted by Gasteiger charge is 2.23. The van der Waals surface area contributed by atoms with Crippen LogP contribution in [0, 0.1) is 6.92 Å². The first-order valence-corrected chi connectivity index (χ1v) is 11.0. The highest BCUT2D eigenvalue weighted by Crippen LogP contribution is 2.30. The van der Waals surface area contributed by atoms with E-state index in [0.29, 0.717) is 34.6 Å². The van der Waals surface area contributed by atoms with Crippen LogP contribution in [0.3, 0.4) is 0 Å². The van der Waals surface area contributed by atoms with E-state index in [1.165, 1.54) is 0 Å². The third-order valence-corrected chi connectivity index (χ3v) is 5.92. The molecule has 1 unspecified atom stereocenters. The first kappa shape index (κ1) is 20.2. The molecule has 0 aliphatic carbocycles. The topological polar surface area (TPSA) is 74.8 Å². The van der Waals surface area contributed by atoms with Gasteiger partial charge in [-0.2, -0.15) is 0 Å². The van der Waals surface area contributed by atoms with Crippen molar-refractivity contribution in [1.82, 2.24) is 24.1 Å². The molecule has 0 amide bonds. The molecule has 0 N–H and O–H groups in total. The molecule has 5 aromatic rings. The van der Waals surface area contributed by atoms with Gasteiger partial charge in [0.25, 0.3) is 5.56 Å². The van der Waals surface area contributed by atoms with Gasteiger partial charge in [0, 0.05) is 11.7 Å². The maximum atomic E-state index is 13.7. The molecule has 0 spiro atoms. The van der Waals surface area contributed by atoms with Crippen molar-refractivity contribution in [2.75, 3.05) is 6.61 Å². The van der Waals surface area contributed by atoms with Gasteiger partial charge in [-0.3, -0.25) is 13.9 Å². The van der Waals surface area contributed by atoms with Gasteiger partial charge in [0.1, 0.15) is 22.5 Å². The number of para-hydroxylation sites is 2. The van der Waals surface area contributed by atoms with Crippen LogP contribution in [0.1, 0.15) is 39.1 Å². The third kappa shape index (κ3) is 3.04. The van der Waals surface area contributed by atoms with Crippen molar-refractivity contribution in [2.45, 2.75) is 40.2 Å². The maximum absolute atomic E-state index is 13.7. The Morgan fingerprint density at radius 3 is 2.28 bits per heavy atom. The van der Waals surface area contributed by atoms with Crippen LogP contribution in [-0.4, -0.2) is 30.7 Å². The Bertz CT molecular complexity index is 1520. The van der Waals surface area contributed by atoms with Crippen LogP contribution in [0.15, 0.2) is 53.3 Å². The second-order valence-electron chi connectivity index (χ2n) is 7.94. The molecule has 0 bridgehead atoms. The molecular weight excluding hydrogens is 402 g/mol. The molecule has 1 atom stereocenters. The van der Waals surface area contributed by atoms with Crippen molar-refractivity contribution in [1.29, 1.82) is 0 Å². The summed E-state index contributed by atoms with van der Waals surface area (Å²) in [6, 6.07) is 15.5. The number of ether oxygens (including phenoxy) is 1. The molecule has 0 saturated carbocycles. The number of aromatic nitrogens is 5. The summed E-state index contributed by atoms with van der Waals surface area (Å²) in [5.74, 6) is 1.47. The number of hydrogen-bond acceptors (Lipinski definition) is 5. The smallest absolute Gasteiger partial charge is 0.265 e. The van der Waals surface area contributed by atoms with Gasteiger partial charge in [0.05, 0.1) is 17.6 Å². The molecule has 3 heterocycles. The van der Waals surface area contributed by atoms with Crippen LogP contribution in [0.25, 0.3) is 38.9 Å². The van der Waals surface area contributed by atoms with Gasteiger partial charge in [0.2, 0.25) is 0 Å². The van der Waals surface area contributed by atoms with E-state index < -0.39 is 0 Å². The lowest BCUT2D eigenvalue weighted by Gasteiger charge is -2.16. The quantitative estimate of drug-likeness (QED) is 0.396. The standard InChI is InChI=1S/C25H25N5O2/c1-5-15(3)29-16(4)26-23-21(25(29)31)22-24(28-20-10-8-7-9-19(20)27-22)30(23)17-11-13-18(14-12-17)32-6-2/h7-15H,5-6H2,1-4H3. The predicted molar refractivity (Wildman–Crippen MR) is 127 cm³/mol. The Hall–Kier alpha value is -3.74. The Balaban J connectivity index is 1.92. The van der Waals surface area contributed by atoms with Gasteiger partial charge in [-0.25, -0.2) is 15.0 Å². The molecule has 2 aromatic carbocycles. The van der Waals surface area contributed by atoms with Crippen molar-refractivity contribution in [3.63, 3.8) is 0 Å². The molecule has 7 nitrogen and oxygen atoms in total. The van der Waals surface area contributed by atoms with Gasteiger partial charge < -0.3 is 4.74 Å². The third-order valence-electron chi connectivity index (χ3n) is 5.92. The number of fused-ring (bicyclic) bond motifs is 4. The van der Waals surface area contributed by atoms with Crippen molar-refractivity contribution in [3.8, 4) is 11.4 Å². The Morgan fingerprint density at radius 2 is 1.62 bits per heavy atom. The molecule has 0 fully saturated rings. The van der Waals surface area contributed by atoms with E-state index in [9.17, 15) is 4.79 Å². The normalized spacial score (nSPS) is 12.6. The van der Waals surface area contributed by atoms with Crippen molar-refractivity contribution >= 4 is 33.2 Å². The number of nitrogens with zero attached hydrogens (tertiary/aromatic N) is 5. The van der Waals surface area contributed by atoms with E-state index in [2.05, 4.69) is 6.92 Å². The molecule has 0 aliphatic heterocycles. The second-order valence-corrected chi connectivity index (χ2v) is 7.94. The zero-order valence-electron chi connectivity index (χ0n) is 18.7. The Morgan fingerprint density at radius 1 is 0.938 bits per heavy atom. The van der Waals surface area contributed by atoms with E-state index in [0.717, 1.165) is 28.9 Å². The average molecular weight is 428 g/mol. The van der Waals surface area contributed by atoms with Gasteiger partial charge in [-0.05, 0) is 63.6 Å². The van der Waals surface area contributed by atoms with Gasteiger partial charge in [0.15, 0.2) is 11.3 Å². The monoisotopic (exact) mass is 427 g/mol. The molecule has 3 aromatic heterocycles. The van der Waals surface area contributed by atoms with Crippen molar-refractivity contribution < 1.29 is 4.74 Å². The molecule has 0 aliphatic rings. The summed E-state index contributed by atoms with van der Waals surface area (Å²) in [6.07, 6.45) is 0.833. The first-order valence-electron chi connectivity index (χ1n) is 11.0. The lowest BCUT2D eigenvalue weighted by Crippen LogP contribution is -2.26. The summed E-state index contributed by atoms with van der Waals surface area (Å²) in [4.78, 5) is 28.3. The van der Waals surface area contributed by atoms with Crippen molar-refractivity contribution in [2.24, 2.45) is 0 Å². The fourth-order valence-electron chi connectivity index (χ4n) is 4.21. The number of benzene rings is 2. The summed E-state index contributed by atoms with van der Waals surface area (Å²) in [7, 11) is 0. The van der Waals surface area contributed by atoms with Gasteiger partial charge in [-0.15, -0.1) is 0 Å². The fraction of sp³-hybridized carbons (Fsp3) is 0.280. The molecule has 32 heavy (non-hydrogen) atoms. The lowest BCUT2D eigenvalue weighted by atomic mass is 10.2. The second kappa shape index (κ2) is 7.75. The lowest BCUT2D eigenvalue weighted by molar-refractivity contribution is 0.340. The van der Waals surface area contributed by atoms with E-state index in [4.69, 9.17) is 19.7 Å². The van der Waals surface area contributed by atoms with Crippen LogP contribution in [0.4, 0.5) is 0 Å². The first-order chi connectivity index (χ1) is 15.5. The SMILES string of the molecule is CCOc1ccc(-n2c3nc4ccccc4nc3c3c(=O)n(C(C)CC)c(C)nc32)cc1. The van der Waals surface area contributed by atoms with E-state index in [1.807, 2.05) is 73.9 Å². The molecule has 0 saturated heterocycles. The largest absolute Gasteiger partial charge is 0.494 e. The predicted octanol–water partition coefficient (Wildman–Crippen LogP) is 4.96. The summed E-state index contributed by atoms with van der Waals surface area (Å²) in [6.45, 7) is 8.54. The molecule has 0 radical (unpaired) electrons. The average Bonchev–Trinajstić information content (AvgIpc) is 3.11. The maximum Gasteiger partial charge on any atom is 0.265 e. The summed E-state index contributed by atoms with van der Waals surface area (Å²) < 4.78 is 9.29. The fourth-order valence-corrected chi connectivity index (χ4v) is 4.21. The minimum absolute atomic E-state index is 0.0386. The van der Waals surface area contributed by atoms with Crippen molar-refractivity contribution in [3.05, 3.63) is 64.7 Å². The number of aryl methyl sites for hydroxylation is 1. The minimum Gasteiger partial charge on any atom is -0.494 e. The van der Waals surface area contributed by atoms with Crippen LogP contribution in [0.5, 0.6) is 5.75 Å². The van der Waals surface area contributed by atoms with E-state index >= 15 is 0 Å². The van der Waals surface area contributed by atoms with Gasteiger partial charge >= 0.3 is 0 Å². The van der Waals surface area contributed by atoms with Crippen LogP contribution in [0.2, 0.25) is 0 Å². The highest BCUT2D eigenvalue weighted by atomic mass is 16.5. The highest BCUT2D eigenvalue weighted by molar-refractivity contribution is 6.05. The molecule has 7 heteroatoms. The molecular formula is C25H25N5O2. The van der Waals surface area contributed by atoms with E-state index in [1.54, 1.807) is 4.57 Å². The van der Waals surface area contributed by atoms with Crippen LogP contribution in [-0.2, 0) is 0 Å².